The van der Waals surface area contributed by atoms with Crippen LogP contribution in [0, 0.1) is 6.92 Å². The van der Waals surface area contributed by atoms with Gasteiger partial charge in [-0.2, -0.15) is 5.10 Å². The molecule has 158 valence electrons. The van der Waals surface area contributed by atoms with Crippen LogP contribution in [0.4, 0.5) is 5.69 Å². The summed E-state index contributed by atoms with van der Waals surface area (Å²) < 4.78 is 5.64. The van der Waals surface area contributed by atoms with Crippen LogP contribution in [-0.2, 0) is 15.2 Å². The number of nitrogens with zero attached hydrogens (tertiary/aromatic N) is 1. The first-order chi connectivity index (χ1) is 14.2. The summed E-state index contributed by atoms with van der Waals surface area (Å²) in [5, 5.41) is 17.6. The molecule has 0 aliphatic carbocycles. The number of aryl methyl sites for hydroxylation is 1. The van der Waals surface area contributed by atoms with E-state index in [-0.39, 0.29) is 13.0 Å². The van der Waals surface area contributed by atoms with Gasteiger partial charge in [0.1, 0.15) is 5.75 Å². The number of nitrogens with one attached hydrogen (secondary N) is 2. The van der Waals surface area contributed by atoms with Gasteiger partial charge in [0.2, 0.25) is 0 Å². The van der Waals surface area contributed by atoms with Gasteiger partial charge in [0.05, 0.1) is 0 Å². The molecule has 1 aliphatic rings. The molecule has 0 unspecified atom stereocenters. The molecule has 1 aliphatic heterocycles. The molecule has 3 rings (SSSR count). The summed E-state index contributed by atoms with van der Waals surface area (Å²) in [5.41, 5.74) is 4.28. The van der Waals surface area contributed by atoms with Crippen molar-refractivity contribution in [2.24, 2.45) is 5.10 Å². The Balaban J connectivity index is 1.59. The molecule has 7 heteroatoms. The highest BCUT2D eigenvalue weighted by Crippen LogP contribution is 2.38. The van der Waals surface area contributed by atoms with Crippen LogP contribution >= 0.6 is 0 Å². The molecule has 0 saturated carbocycles. The van der Waals surface area contributed by atoms with Gasteiger partial charge in [-0.15, -0.1) is 0 Å². The minimum absolute atomic E-state index is 0.0352. The number of aliphatic hydroxyl groups is 1. The molecule has 0 saturated heterocycles. The van der Waals surface area contributed by atoms with Crippen molar-refractivity contribution in [1.82, 2.24) is 5.43 Å². The maximum absolute atomic E-state index is 12.3. The van der Waals surface area contributed by atoms with Crippen molar-refractivity contribution in [3.63, 3.8) is 0 Å². The van der Waals surface area contributed by atoms with Crippen LogP contribution < -0.4 is 15.5 Å². The number of rotatable bonds is 7. The van der Waals surface area contributed by atoms with Crippen LogP contribution in [0.3, 0.4) is 0 Å². The van der Waals surface area contributed by atoms with Crippen LogP contribution in [0.25, 0.3) is 0 Å². The number of hydrazone groups is 1. The van der Waals surface area contributed by atoms with E-state index >= 15 is 0 Å². The average Bonchev–Trinajstić information content (AvgIpc) is 2.95. The topological polar surface area (TPSA) is 100 Å². The average molecular weight is 409 g/mol. The van der Waals surface area contributed by atoms with Gasteiger partial charge >= 0.3 is 0 Å². The Morgan fingerprint density at radius 2 is 2.00 bits per heavy atom. The summed E-state index contributed by atoms with van der Waals surface area (Å²) in [6.07, 6.45) is -0.0352. The number of carbonyl (C=O) groups excluding carboxylic acids is 2. The molecular formula is C23H27N3O4. The molecule has 0 fully saturated rings. The van der Waals surface area contributed by atoms with E-state index in [0.717, 1.165) is 11.1 Å². The van der Waals surface area contributed by atoms with Crippen molar-refractivity contribution in [3.05, 3.63) is 59.2 Å². The van der Waals surface area contributed by atoms with E-state index in [1.54, 1.807) is 31.2 Å². The molecule has 0 aromatic heterocycles. The summed E-state index contributed by atoms with van der Waals surface area (Å²) in [5.74, 6) is 0.0868. The molecule has 2 aromatic rings. The summed E-state index contributed by atoms with van der Waals surface area (Å²) in [4.78, 5) is 24.4. The molecule has 2 aromatic carbocycles. The summed E-state index contributed by atoms with van der Waals surface area (Å²) in [7, 11) is 0. The summed E-state index contributed by atoms with van der Waals surface area (Å²) >= 11 is 0. The molecule has 0 bridgehead atoms. The lowest BCUT2D eigenvalue weighted by Gasteiger charge is -2.20. The Morgan fingerprint density at radius 1 is 1.27 bits per heavy atom. The first kappa shape index (κ1) is 21.5. The molecule has 1 heterocycles. The Hall–Kier alpha value is -3.19. The second kappa shape index (κ2) is 8.67. The number of hydrogen-bond acceptors (Lipinski definition) is 5. The SMILES string of the molecule is C/C(C[C@@]1(O)C(=O)Nc2ccccc21)=N/NC(=O)COc1cc(C(C)C)ccc1C. The third-order valence-electron chi connectivity index (χ3n) is 5.12. The lowest BCUT2D eigenvalue weighted by molar-refractivity contribution is -0.132. The molecule has 0 radical (unpaired) electrons. The van der Waals surface area contributed by atoms with Crippen LogP contribution in [-0.4, -0.2) is 29.2 Å². The highest BCUT2D eigenvalue weighted by Gasteiger charge is 2.45. The van der Waals surface area contributed by atoms with Crippen molar-refractivity contribution < 1.29 is 19.4 Å². The Bertz CT molecular complexity index is 1000. The van der Waals surface area contributed by atoms with Crippen molar-refractivity contribution in [1.29, 1.82) is 0 Å². The number of fused-ring (bicyclic) bond motifs is 1. The number of ether oxygens (including phenoxy) is 1. The van der Waals surface area contributed by atoms with E-state index in [0.29, 0.717) is 28.6 Å². The predicted octanol–water partition coefficient (Wildman–Crippen LogP) is 3.22. The normalized spacial score (nSPS) is 18.2. The van der Waals surface area contributed by atoms with E-state index in [9.17, 15) is 14.7 Å². The lowest BCUT2D eigenvalue weighted by atomic mass is 9.90. The third kappa shape index (κ3) is 4.52. The zero-order chi connectivity index (χ0) is 21.9. The third-order valence-corrected chi connectivity index (χ3v) is 5.12. The molecular weight excluding hydrogens is 382 g/mol. The maximum Gasteiger partial charge on any atom is 0.277 e. The first-order valence-corrected chi connectivity index (χ1v) is 9.89. The van der Waals surface area contributed by atoms with Crippen molar-refractivity contribution >= 4 is 23.2 Å². The number of amides is 2. The summed E-state index contributed by atoms with van der Waals surface area (Å²) in [6.45, 7) is 7.56. The van der Waals surface area contributed by atoms with Crippen molar-refractivity contribution in [2.75, 3.05) is 11.9 Å². The van der Waals surface area contributed by atoms with Gasteiger partial charge in [-0.05, 0) is 43.0 Å². The second-order valence-electron chi connectivity index (χ2n) is 7.89. The van der Waals surface area contributed by atoms with Gasteiger partial charge in [-0.1, -0.05) is 44.2 Å². The van der Waals surface area contributed by atoms with Gasteiger partial charge in [-0.3, -0.25) is 9.59 Å². The van der Waals surface area contributed by atoms with E-state index in [4.69, 9.17) is 4.74 Å². The van der Waals surface area contributed by atoms with Gasteiger partial charge in [0, 0.05) is 23.4 Å². The first-order valence-electron chi connectivity index (χ1n) is 9.89. The molecule has 30 heavy (non-hydrogen) atoms. The number of para-hydroxylation sites is 1. The van der Waals surface area contributed by atoms with Crippen LogP contribution in [0.2, 0.25) is 0 Å². The molecule has 0 spiro atoms. The standard InChI is InChI=1S/C23H27N3O4/c1-14(2)17-10-9-15(3)20(11-17)30-13-21(27)26-25-16(4)12-23(29)18-7-5-6-8-19(18)24-22(23)28/h5-11,14,29H,12-13H2,1-4H3,(H,24,28)(H,26,27)/b25-16-/t23-/m0/s1. The fourth-order valence-corrected chi connectivity index (χ4v) is 3.35. The van der Waals surface area contributed by atoms with Gasteiger partial charge < -0.3 is 15.2 Å². The number of carbonyl (C=O) groups is 2. The smallest absolute Gasteiger partial charge is 0.277 e. The highest BCUT2D eigenvalue weighted by atomic mass is 16.5. The lowest BCUT2D eigenvalue weighted by Crippen LogP contribution is -2.36. The summed E-state index contributed by atoms with van der Waals surface area (Å²) in [6, 6.07) is 12.9. The molecule has 7 nitrogen and oxygen atoms in total. The Labute approximate surface area is 176 Å². The fraction of sp³-hybridized carbons (Fsp3) is 0.348. The van der Waals surface area contributed by atoms with E-state index in [2.05, 4.69) is 29.7 Å². The van der Waals surface area contributed by atoms with Gasteiger partial charge in [0.15, 0.2) is 12.2 Å². The molecule has 3 N–H and O–H groups in total. The number of anilines is 1. The monoisotopic (exact) mass is 409 g/mol. The largest absolute Gasteiger partial charge is 0.483 e. The molecule has 2 amide bonds. The van der Waals surface area contributed by atoms with Crippen molar-refractivity contribution in [3.8, 4) is 5.75 Å². The van der Waals surface area contributed by atoms with Gasteiger partial charge in [0.25, 0.3) is 11.8 Å². The van der Waals surface area contributed by atoms with Crippen LogP contribution in [0.5, 0.6) is 5.75 Å². The quantitative estimate of drug-likeness (QED) is 0.483. The number of hydrogen-bond donors (Lipinski definition) is 3. The Kier molecular flexibility index (Phi) is 6.22. The van der Waals surface area contributed by atoms with E-state index < -0.39 is 17.4 Å². The van der Waals surface area contributed by atoms with Gasteiger partial charge in [-0.25, -0.2) is 5.43 Å². The van der Waals surface area contributed by atoms with E-state index in [1.165, 1.54) is 0 Å². The van der Waals surface area contributed by atoms with Crippen LogP contribution in [0.1, 0.15) is 49.8 Å². The zero-order valence-electron chi connectivity index (χ0n) is 17.7. The van der Waals surface area contributed by atoms with Crippen LogP contribution in [0.15, 0.2) is 47.6 Å². The Morgan fingerprint density at radius 3 is 2.73 bits per heavy atom. The molecule has 1 atom stereocenters. The maximum atomic E-state index is 12.3. The second-order valence-corrected chi connectivity index (χ2v) is 7.89. The minimum atomic E-state index is -1.71. The van der Waals surface area contributed by atoms with E-state index in [1.807, 2.05) is 25.1 Å². The fourth-order valence-electron chi connectivity index (χ4n) is 3.35. The zero-order valence-corrected chi connectivity index (χ0v) is 17.7. The number of benzene rings is 2. The predicted molar refractivity (Wildman–Crippen MR) is 116 cm³/mol. The van der Waals surface area contributed by atoms with Crippen molar-refractivity contribution in [2.45, 2.75) is 45.6 Å². The minimum Gasteiger partial charge on any atom is -0.483 e. The highest BCUT2D eigenvalue weighted by molar-refractivity contribution is 6.07.